The lowest BCUT2D eigenvalue weighted by atomic mass is 9.81. The first-order valence-electron chi connectivity index (χ1n) is 6.70. The fourth-order valence-corrected chi connectivity index (χ4v) is 1.95. The van der Waals surface area contributed by atoms with Crippen molar-refractivity contribution in [1.82, 2.24) is 9.97 Å². The van der Waals surface area contributed by atoms with E-state index in [4.69, 9.17) is 0 Å². The minimum atomic E-state index is -1.09. The highest BCUT2D eigenvalue weighted by Gasteiger charge is 2.36. The van der Waals surface area contributed by atoms with Crippen molar-refractivity contribution >= 4 is 0 Å². The Morgan fingerprint density at radius 3 is 2.26 bits per heavy atom. The normalized spacial score (nSPS) is 13.4. The highest BCUT2D eigenvalue weighted by atomic mass is 16.3. The van der Waals surface area contributed by atoms with Crippen LogP contribution in [0.1, 0.15) is 39.0 Å². The lowest BCUT2D eigenvalue weighted by Crippen LogP contribution is -2.34. The number of pyridine rings is 2. The van der Waals surface area contributed by atoms with E-state index in [0.717, 1.165) is 5.56 Å². The quantitative estimate of drug-likeness (QED) is 0.917. The van der Waals surface area contributed by atoms with Crippen molar-refractivity contribution in [3.63, 3.8) is 0 Å². The van der Waals surface area contributed by atoms with Crippen LogP contribution in [0.5, 0.6) is 0 Å². The van der Waals surface area contributed by atoms with Gasteiger partial charge in [-0.2, -0.15) is 0 Å². The van der Waals surface area contributed by atoms with E-state index in [1.54, 1.807) is 18.6 Å². The molecule has 102 valence electrons. The van der Waals surface area contributed by atoms with E-state index in [1.165, 1.54) is 0 Å². The molecule has 1 N–H and O–H groups in total. The Labute approximate surface area is 115 Å². The van der Waals surface area contributed by atoms with Crippen LogP contribution in [0.4, 0.5) is 0 Å². The first kappa shape index (κ1) is 15.3. The molecule has 0 spiro atoms. The van der Waals surface area contributed by atoms with Gasteiger partial charge in [-0.3, -0.25) is 9.97 Å². The van der Waals surface area contributed by atoms with Gasteiger partial charge < -0.3 is 5.11 Å². The molecule has 1 atom stereocenters. The number of hydrogen-bond acceptors (Lipinski definition) is 3. The summed E-state index contributed by atoms with van der Waals surface area (Å²) in [5.74, 6) is 0.0154. The zero-order valence-electron chi connectivity index (χ0n) is 12.0. The van der Waals surface area contributed by atoms with Crippen molar-refractivity contribution in [2.45, 2.75) is 33.3 Å². The fourth-order valence-electron chi connectivity index (χ4n) is 1.95. The van der Waals surface area contributed by atoms with Gasteiger partial charge in [-0.05, 0) is 24.1 Å². The molecule has 19 heavy (non-hydrogen) atoms. The zero-order chi connectivity index (χ0) is 14.3. The summed E-state index contributed by atoms with van der Waals surface area (Å²) >= 11 is 0. The largest absolute Gasteiger partial charge is 0.378 e. The van der Waals surface area contributed by atoms with Gasteiger partial charge in [0.2, 0.25) is 0 Å². The molecule has 0 aliphatic rings. The van der Waals surface area contributed by atoms with Gasteiger partial charge in [-0.1, -0.05) is 39.8 Å². The minimum Gasteiger partial charge on any atom is -0.378 e. The molecule has 3 heteroatoms. The maximum atomic E-state index is 10.9. The summed E-state index contributed by atoms with van der Waals surface area (Å²) in [7, 11) is 0. The Morgan fingerprint density at radius 2 is 1.79 bits per heavy atom. The van der Waals surface area contributed by atoms with Crippen LogP contribution in [0.25, 0.3) is 0 Å². The maximum absolute atomic E-state index is 10.9. The van der Waals surface area contributed by atoms with Crippen LogP contribution in [-0.2, 0) is 5.60 Å². The summed E-state index contributed by atoms with van der Waals surface area (Å²) in [6, 6.07) is 9.26. The third-order valence-electron chi connectivity index (χ3n) is 2.99. The summed E-state index contributed by atoms with van der Waals surface area (Å²) in [5, 5.41) is 10.9. The summed E-state index contributed by atoms with van der Waals surface area (Å²) in [6.07, 6.45) is 5.08. The SMILES string of the molecule is CC.CC(C)C(O)(c1cccnc1)c1ccccn1. The topological polar surface area (TPSA) is 46.0 Å². The molecule has 2 heterocycles. The number of aliphatic hydroxyl groups is 1. The number of rotatable bonds is 3. The molecule has 0 radical (unpaired) electrons. The van der Waals surface area contributed by atoms with E-state index < -0.39 is 5.60 Å². The second kappa shape index (κ2) is 7.00. The first-order valence-corrected chi connectivity index (χ1v) is 6.70. The molecule has 0 amide bonds. The van der Waals surface area contributed by atoms with Gasteiger partial charge in [0.05, 0.1) is 5.69 Å². The lowest BCUT2D eigenvalue weighted by Gasteiger charge is -2.31. The van der Waals surface area contributed by atoms with Crippen molar-refractivity contribution < 1.29 is 5.11 Å². The maximum Gasteiger partial charge on any atom is 0.135 e. The highest BCUT2D eigenvalue weighted by molar-refractivity contribution is 5.30. The smallest absolute Gasteiger partial charge is 0.135 e. The predicted molar refractivity (Wildman–Crippen MR) is 77.7 cm³/mol. The van der Waals surface area contributed by atoms with Gasteiger partial charge in [-0.25, -0.2) is 0 Å². The van der Waals surface area contributed by atoms with E-state index >= 15 is 0 Å². The van der Waals surface area contributed by atoms with Gasteiger partial charge in [0.1, 0.15) is 5.60 Å². The van der Waals surface area contributed by atoms with Gasteiger partial charge in [0.25, 0.3) is 0 Å². The molecule has 2 aromatic heterocycles. The second-order valence-electron chi connectivity index (χ2n) is 4.38. The Morgan fingerprint density at radius 1 is 1.05 bits per heavy atom. The number of aromatic nitrogens is 2. The Balaban J connectivity index is 0.000000861. The molecule has 1 unspecified atom stereocenters. The summed E-state index contributed by atoms with van der Waals surface area (Å²) in [6.45, 7) is 7.95. The van der Waals surface area contributed by atoms with Crippen LogP contribution in [0, 0.1) is 5.92 Å². The Kier molecular flexibility index (Phi) is 5.64. The zero-order valence-corrected chi connectivity index (χ0v) is 12.0. The van der Waals surface area contributed by atoms with Gasteiger partial charge >= 0.3 is 0 Å². The number of hydrogen-bond donors (Lipinski definition) is 1. The van der Waals surface area contributed by atoms with E-state index in [9.17, 15) is 5.11 Å². The van der Waals surface area contributed by atoms with Crippen LogP contribution in [-0.4, -0.2) is 15.1 Å². The second-order valence-corrected chi connectivity index (χ2v) is 4.38. The van der Waals surface area contributed by atoms with Crippen LogP contribution < -0.4 is 0 Å². The van der Waals surface area contributed by atoms with Crippen LogP contribution in [0.2, 0.25) is 0 Å². The van der Waals surface area contributed by atoms with Crippen LogP contribution >= 0.6 is 0 Å². The fraction of sp³-hybridized carbons (Fsp3) is 0.375. The standard InChI is InChI=1S/C14H16N2O.C2H6/c1-11(2)14(17,12-6-5-8-15-10-12)13-7-3-4-9-16-13;1-2/h3-11,17H,1-2H3;1-2H3. The minimum absolute atomic E-state index is 0.0154. The van der Waals surface area contributed by atoms with E-state index in [2.05, 4.69) is 9.97 Å². The molecule has 0 aliphatic carbocycles. The molecule has 2 aromatic rings. The van der Waals surface area contributed by atoms with Gasteiger partial charge in [0.15, 0.2) is 0 Å². The molecule has 2 rings (SSSR count). The molecular weight excluding hydrogens is 236 g/mol. The van der Waals surface area contributed by atoms with Crippen molar-refractivity contribution in [2.75, 3.05) is 0 Å². The molecule has 0 bridgehead atoms. The first-order chi connectivity index (χ1) is 9.15. The summed E-state index contributed by atoms with van der Waals surface area (Å²) < 4.78 is 0. The lowest BCUT2D eigenvalue weighted by molar-refractivity contribution is 0.0272. The Hall–Kier alpha value is -1.74. The monoisotopic (exact) mass is 258 g/mol. The molecule has 0 saturated heterocycles. The van der Waals surface area contributed by atoms with Gasteiger partial charge in [-0.15, -0.1) is 0 Å². The average Bonchev–Trinajstić information content (AvgIpc) is 2.50. The molecule has 0 fully saturated rings. The van der Waals surface area contributed by atoms with Gasteiger partial charge in [0, 0.05) is 24.2 Å². The third-order valence-corrected chi connectivity index (χ3v) is 2.99. The van der Waals surface area contributed by atoms with Crippen LogP contribution in [0.3, 0.4) is 0 Å². The molecule has 0 saturated carbocycles. The highest BCUT2D eigenvalue weighted by Crippen LogP contribution is 2.34. The average molecular weight is 258 g/mol. The van der Waals surface area contributed by atoms with Crippen LogP contribution in [0.15, 0.2) is 48.9 Å². The molecule has 0 aromatic carbocycles. The summed E-state index contributed by atoms with van der Waals surface area (Å²) in [4.78, 5) is 8.34. The molecule has 0 aliphatic heterocycles. The van der Waals surface area contributed by atoms with Crippen molar-refractivity contribution in [3.05, 3.63) is 60.2 Å². The number of nitrogens with zero attached hydrogens (tertiary/aromatic N) is 2. The van der Waals surface area contributed by atoms with E-state index in [-0.39, 0.29) is 5.92 Å². The van der Waals surface area contributed by atoms with Crippen molar-refractivity contribution in [2.24, 2.45) is 5.92 Å². The van der Waals surface area contributed by atoms with Crippen molar-refractivity contribution in [1.29, 1.82) is 0 Å². The third kappa shape index (κ3) is 3.18. The van der Waals surface area contributed by atoms with E-state index in [0.29, 0.717) is 5.69 Å². The Bertz CT molecular complexity index is 429. The van der Waals surface area contributed by atoms with E-state index in [1.807, 2.05) is 58.0 Å². The van der Waals surface area contributed by atoms with Crippen molar-refractivity contribution in [3.8, 4) is 0 Å². The molecule has 3 nitrogen and oxygen atoms in total. The predicted octanol–water partition coefficient (Wildman–Crippen LogP) is 3.39. The summed E-state index contributed by atoms with van der Waals surface area (Å²) in [5.41, 5.74) is 0.340. The molecular formula is C16H22N2O.